The SMILES string of the molecule is Nc1c(Br)cccc1CC(=O)[N+](=O)[O-]. The molecule has 1 aromatic carbocycles. The zero-order chi connectivity index (χ0) is 10.7. The molecule has 2 N–H and O–H groups in total. The van der Waals surface area contributed by atoms with Gasteiger partial charge in [0.15, 0.2) is 0 Å². The Hall–Kier alpha value is -1.43. The molecule has 0 aromatic heterocycles. The van der Waals surface area contributed by atoms with Crippen LogP contribution in [0.4, 0.5) is 5.69 Å². The molecule has 14 heavy (non-hydrogen) atoms. The summed E-state index contributed by atoms with van der Waals surface area (Å²) < 4.78 is 0.631. The second-order valence-corrected chi connectivity index (χ2v) is 3.49. The first-order chi connectivity index (χ1) is 6.52. The number of carbonyl (C=O) groups is 1. The third-order valence-corrected chi connectivity index (χ3v) is 2.38. The highest BCUT2D eigenvalue weighted by Crippen LogP contribution is 2.23. The molecule has 5 nitrogen and oxygen atoms in total. The normalized spacial score (nSPS) is 9.79. The Morgan fingerprint density at radius 2 is 2.21 bits per heavy atom. The van der Waals surface area contributed by atoms with Gasteiger partial charge in [0.2, 0.25) is 0 Å². The van der Waals surface area contributed by atoms with Gasteiger partial charge in [0.05, 0.1) is 0 Å². The molecular formula is C8H7BrN2O3. The molecule has 0 aliphatic heterocycles. The average Bonchev–Trinajstić information content (AvgIpc) is 2.12. The van der Waals surface area contributed by atoms with Gasteiger partial charge in [-0.05, 0) is 27.6 Å². The van der Waals surface area contributed by atoms with Crippen molar-refractivity contribution >= 4 is 27.5 Å². The van der Waals surface area contributed by atoms with Crippen LogP contribution in [0.15, 0.2) is 22.7 Å². The van der Waals surface area contributed by atoms with E-state index in [1.54, 1.807) is 18.2 Å². The second kappa shape index (κ2) is 4.19. The number of hydrogen-bond donors (Lipinski definition) is 1. The van der Waals surface area contributed by atoms with Crippen LogP contribution in [0.1, 0.15) is 5.56 Å². The number of nitrogens with two attached hydrogens (primary N) is 1. The van der Waals surface area contributed by atoms with E-state index in [1.807, 2.05) is 0 Å². The summed E-state index contributed by atoms with van der Waals surface area (Å²) in [5, 5.41) is 10.1. The number of halogens is 1. The standard InChI is InChI=1S/C8H7BrN2O3/c9-6-3-1-2-5(8(6)10)4-7(12)11(13)14/h1-3H,4,10H2. The minimum atomic E-state index is -1.06. The number of rotatable bonds is 2. The van der Waals surface area contributed by atoms with Crippen LogP contribution in [0.5, 0.6) is 0 Å². The third-order valence-electron chi connectivity index (χ3n) is 1.69. The van der Waals surface area contributed by atoms with Gasteiger partial charge in [0.1, 0.15) is 11.3 Å². The van der Waals surface area contributed by atoms with Crippen LogP contribution in [0, 0.1) is 10.1 Å². The van der Waals surface area contributed by atoms with Crippen LogP contribution in [-0.4, -0.2) is 10.8 Å². The van der Waals surface area contributed by atoms with E-state index in [-0.39, 0.29) is 6.42 Å². The number of anilines is 1. The summed E-state index contributed by atoms with van der Waals surface area (Å²) in [5.41, 5.74) is 6.43. The first-order valence-corrected chi connectivity index (χ1v) is 4.51. The van der Waals surface area contributed by atoms with Crippen LogP contribution in [0.3, 0.4) is 0 Å². The Labute approximate surface area is 88.2 Å². The van der Waals surface area contributed by atoms with Gasteiger partial charge in [-0.3, -0.25) is 10.1 Å². The predicted octanol–water partition coefficient (Wildman–Crippen LogP) is 1.38. The number of nitro groups is 1. The first kappa shape index (κ1) is 10.6. The maximum absolute atomic E-state index is 10.8. The Morgan fingerprint density at radius 3 is 2.79 bits per heavy atom. The summed E-state index contributed by atoms with van der Waals surface area (Å²) in [6.07, 6.45) is -0.279. The molecule has 0 saturated carbocycles. The fraction of sp³-hybridized carbons (Fsp3) is 0.125. The highest BCUT2D eigenvalue weighted by atomic mass is 79.9. The lowest BCUT2D eigenvalue weighted by atomic mass is 10.1. The van der Waals surface area contributed by atoms with Crippen molar-refractivity contribution in [3.8, 4) is 0 Å². The van der Waals surface area contributed by atoms with Crippen LogP contribution < -0.4 is 5.73 Å². The number of benzene rings is 1. The molecule has 0 unspecified atom stereocenters. The zero-order valence-corrected chi connectivity index (χ0v) is 8.65. The van der Waals surface area contributed by atoms with Gasteiger partial charge in [-0.2, -0.15) is 0 Å². The van der Waals surface area contributed by atoms with Crippen molar-refractivity contribution in [1.29, 1.82) is 0 Å². The molecule has 74 valence electrons. The van der Waals surface area contributed by atoms with Gasteiger partial charge in [-0.1, -0.05) is 12.1 Å². The van der Waals surface area contributed by atoms with Gasteiger partial charge in [-0.15, -0.1) is 0 Å². The second-order valence-electron chi connectivity index (χ2n) is 2.64. The summed E-state index contributed by atoms with van der Waals surface area (Å²) in [6.45, 7) is 0. The van der Waals surface area contributed by atoms with Crippen molar-refractivity contribution in [2.24, 2.45) is 0 Å². The molecule has 0 radical (unpaired) electrons. The zero-order valence-electron chi connectivity index (χ0n) is 7.07. The number of nitrogen functional groups attached to an aromatic ring is 1. The molecule has 0 saturated heterocycles. The quantitative estimate of drug-likeness (QED) is 0.493. The summed E-state index contributed by atoms with van der Waals surface area (Å²) in [7, 11) is 0. The molecule has 0 atom stereocenters. The molecule has 0 spiro atoms. The molecule has 0 aliphatic carbocycles. The summed E-state index contributed by atoms with van der Waals surface area (Å²) in [4.78, 5) is 20.0. The van der Waals surface area contributed by atoms with E-state index in [0.717, 1.165) is 0 Å². The van der Waals surface area contributed by atoms with Crippen molar-refractivity contribution in [2.75, 3.05) is 5.73 Å². The first-order valence-electron chi connectivity index (χ1n) is 3.72. The lowest BCUT2D eigenvalue weighted by Crippen LogP contribution is -2.14. The van der Waals surface area contributed by atoms with Gasteiger partial charge in [0.25, 0.3) is 0 Å². The lowest BCUT2D eigenvalue weighted by Gasteiger charge is -2.03. The number of hydrogen-bond acceptors (Lipinski definition) is 4. The van der Waals surface area contributed by atoms with Crippen LogP contribution in [0.25, 0.3) is 0 Å². The van der Waals surface area contributed by atoms with Gasteiger partial charge in [0, 0.05) is 10.2 Å². The smallest absolute Gasteiger partial charge is 0.398 e. The third kappa shape index (κ3) is 2.29. The Bertz CT molecular complexity index is 392. The topological polar surface area (TPSA) is 86.2 Å². The molecule has 0 fully saturated rings. The van der Waals surface area contributed by atoms with E-state index in [1.165, 1.54) is 0 Å². The summed E-state index contributed by atoms with van der Waals surface area (Å²) in [5.74, 6) is -1.06. The van der Waals surface area contributed by atoms with Crippen LogP contribution in [-0.2, 0) is 11.2 Å². The van der Waals surface area contributed by atoms with Crippen molar-refractivity contribution in [2.45, 2.75) is 6.42 Å². The minimum Gasteiger partial charge on any atom is -0.398 e. The molecule has 1 amide bonds. The monoisotopic (exact) mass is 258 g/mol. The molecular weight excluding hydrogens is 252 g/mol. The van der Waals surface area contributed by atoms with E-state index in [2.05, 4.69) is 15.9 Å². The van der Waals surface area contributed by atoms with E-state index in [4.69, 9.17) is 5.73 Å². The Morgan fingerprint density at radius 1 is 1.57 bits per heavy atom. The summed E-state index contributed by atoms with van der Waals surface area (Å²) >= 11 is 3.17. The summed E-state index contributed by atoms with van der Waals surface area (Å²) in [6, 6.07) is 4.96. The highest BCUT2D eigenvalue weighted by molar-refractivity contribution is 9.10. The molecule has 6 heteroatoms. The van der Waals surface area contributed by atoms with Crippen molar-refractivity contribution in [3.63, 3.8) is 0 Å². The fourth-order valence-corrected chi connectivity index (χ4v) is 1.37. The van der Waals surface area contributed by atoms with Crippen molar-refractivity contribution in [3.05, 3.63) is 38.3 Å². The molecule has 1 rings (SSSR count). The largest absolute Gasteiger partial charge is 0.449 e. The highest BCUT2D eigenvalue weighted by Gasteiger charge is 2.17. The minimum absolute atomic E-state index is 0.279. The van der Waals surface area contributed by atoms with Crippen LogP contribution >= 0.6 is 15.9 Å². The predicted molar refractivity (Wildman–Crippen MR) is 54.3 cm³/mol. The van der Waals surface area contributed by atoms with E-state index >= 15 is 0 Å². The van der Waals surface area contributed by atoms with Gasteiger partial charge < -0.3 is 5.73 Å². The number of carbonyl (C=O) groups excluding carboxylic acids is 1. The maximum atomic E-state index is 10.8. The molecule has 0 aliphatic rings. The average molecular weight is 259 g/mol. The van der Waals surface area contributed by atoms with Crippen LogP contribution in [0.2, 0.25) is 0 Å². The molecule has 1 aromatic rings. The Kier molecular flexibility index (Phi) is 3.19. The molecule has 0 heterocycles. The fourth-order valence-electron chi connectivity index (χ4n) is 0.963. The van der Waals surface area contributed by atoms with E-state index < -0.39 is 10.8 Å². The van der Waals surface area contributed by atoms with Gasteiger partial charge in [-0.25, -0.2) is 4.79 Å². The molecule has 0 bridgehead atoms. The lowest BCUT2D eigenvalue weighted by molar-refractivity contribution is -0.401. The Balaban J connectivity index is 2.93. The van der Waals surface area contributed by atoms with Crippen molar-refractivity contribution in [1.82, 2.24) is 0 Å². The van der Waals surface area contributed by atoms with E-state index in [9.17, 15) is 14.9 Å². The van der Waals surface area contributed by atoms with Gasteiger partial charge >= 0.3 is 5.91 Å². The van der Waals surface area contributed by atoms with E-state index in [0.29, 0.717) is 15.7 Å². The maximum Gasteiger partial charge on any atom is 0.449 e. The number of para-hydroxylation sites is 1. The number of nitrogens with zero attached hydrogens (tertiary/aromatic N) is 1. The number of amides is 1. The van der Waals surface area contributed by atoms with Crippen molar-refractivity contribution < 1.29 is 9.72 Å².